The van der Waals surface area contributed by atoms with Crippen molar-refractivity contribution >= 4 is 18.0 Å². The van der Waals surface area contributed by atoms with E-state index in [2.05, 4.69) is 29.6 Å². The zero-order valence-corrected chi connectivity index (χ0v) is 20.6. The van der Waals surface area contributed by atoms with Crippen LogP contribution in [0.1, 0.15) is 57.1 Å². The lowest BCUT2D eigenvalue weighted by Gasteiger charge is -2.37. The summed E-state index contributed by atoms with van der Waals surface area (Å²) in [6, 6.07) is 15.4. The first-order valence-electron chi connectivity index (χ1n) is 12.3. The quantitative estimate of drug-likeness (QED) is 0.576. The lowest BCUT2D eigenvalue weighted by molar-refractivity contribution is -0.147. The summed E-state index contributed by atoms with van der Waals surface area (Å²) in [7, 11) is 0. The molecule has 4 rings (SSSR count). The average Bonchev–Trinajstić information content (AvgIpc) is 3.07. The molecule has 1 unspecified atom stereocenters. The van der Waals surface area contributed by atoms with E-state index in [0.717, 1.165) is 41.5 Å². The Morgan fingerprint density at radius 2 is 1.60 bits per heavy atom. The van der Waals surface area contributed by atoms with E-state index >= 15 is 0 Å². The molecule has 2 aromatic rings. The topological polar surface area (TPSA) is 95.9 Å². The predicted octanol–water partition coefficient (Wildman–Crippen LogP) is 4.65. The second kappa shape index (κ2) is 10.1. The molecule has 1 fully saturated rings. The highest BCUT2D eigenvalue weighted by Crippen LogP contribution is 2.44. The number of ether oxygens (including phenoxy) is 1. The second-order valence-corrected chi connectivity index (χ2v) is 10.8. The third-order valence-corrected chi connectivity index (χ3v) is 6.81. The number of rotatable bonds is 8. The molecule has 0 aromatic heterocycles. The van der Waals surface area contributed by atoms with Crippen molar-refractivity contribution in [2.24, 2.45) is 11.3 Å². The number of hydrogen-bond acceptors (Lipinski definition) is 4. The molecule has 7 nitrogen and oxygen atoms in total. The minimum Gasteiger partial charge on any atom is -0.480 e. The number of nitrogens with zero attached hydrogens (tertiary/aromatic N) is 1. The molecular weight excluding hydrogens is 444 g/mol. The van der Waals surface area contributed by atoms with Gasteiger partial charge >= 0.3 is 12.1 Å². The number of aliphatic carboxylic acids is 1. The molecule has 0 spiro atoms. The number of amides is 2. The zero-order valence-electron chi connectivity index (χ0n) is 20.6. The highest BCUT2D eigenvalue weighted by molar-refractivity contribution is 5.88. The maximum atomic E-state index is 13.4. The van der Waals surface area contributed by atoms with Gasteiger partial charge in [-0.25, -0.2) is 4.79 Å². The van der Waals surface area contributed by atoms with E-state index in [1.54, 1.807) is 0 Å². The Morgan fingerprint density at radius 1 is 1.03 bits per heavy atom. The van der Waals surface area contributed by atoms with Crippen LogP contribution in [0.15, 0.2) is 48.5 Å². The Balaban J connectivity index is 1.46. The third-order valence-electron chi connectivity index (χ3n) is 6.81. The van der Waals surface area contributed by atoms with Crippen molar-refractivity contribution in [3.63, 3.8) is 0 Å². The summed E-state index contributed by atoms with van der Waals surface area (Å²) < 4.78 is 5.66. The fourth-order valence-electron chi connectivity index (χ4n) is 5.07. The molecule has 2 aliphatic rings. The van der Waals surface area contributed by atoms with E-state index < -0.39 is 24.6 Å². The molecule has 0 aliphatic heterocycles. The highest BCUT2D eigenvalue weighted by Gasteiger charge is 2.38. The molecule has 1 saturated carbocycles. The number of carbonyl (C=O) groups excluding carboxylic acids is 2. The number of alkyl carbamates (subject to hydrolysis) is 1. The molecule has 186 valence electrons. The molecule has 0 bridgehead atoms. The van der Waals surface area contributed by atoms with Crippen LogP contribution in [0.3, 0.4) is 0 Å². The van der Waals surface area contributed by atoms with Crippen LogP contribution in [-0.4, -0.2) is 53.7 Å². The molecular formula is C28H34N2O5. The number of carbonyl (C=O) groups is 3. The van der Waals surface area contributed by atoms with Gasteiger partial charge in [0.2, 0.25) is 5.91 Å². The van der Waals surface area contributed by atoms with Gasteiger partial charge < -0.3 is 20.1 Å². The van der Waals surface area contributed by atoms with Crippen LogP contribution >= 0.6 is 0 Å². The predicted molar refractivity (Wildman–Crippen MR) is 133 cm³/mol. The van der Waals surface area contributed by atoms with E-state index in [4.69, 9.17) is 4.74 Å². The average molecular weight is 479 g/mol. The Kier molecular flexibility index (Phi) is 7.15. The Morgan fingerprint density at radius 3 is 2.09 bits per heavy atom. The molecule has 0 saturated heterocycles. The van der Waals surface area contributed by atoms with Gasteiger partial charge in [-0.15, -0.1) is 0 Å². The maximum absolute atomic E-state index is 13.4. The number of nitrogens with one attached hydrogen (secondary N) is 1. The lowest BCUT2D eigenvalue weighted by Crippen LogP contribution is -2.56. The van der Waals surface area contributed by atoms with Crippen molar-refractivity contribution in [3.8, 4) is 11.1 Å². The van der Waals surface area contributed by atoms with Gasteiger partial charge in [0.1, 0.15) is 19.2 Å². The molecule has 1 atom stereocenters. The second-order valence-electron chi connectivity index (χ2n) is 10.8. The van der Waals surface area contributed by atoms with Crippen molar-refractivity contribution in [1.82, 2.24) is 10.2 Å². The van der Waals surface area contributed by atoms with E-state index in [1.165, 1.54) is 4.90 Å². The summed E-state index contributed by atoms with van der Waals surface area (Å²) in [6.07, 6.45) is 1.97. The van der Waals surface area contributed by atoms with Crippen LogP contribution in [0.4, 0.5) is 4.79 Å². The van der Waals surface area contributed by atoms with Crippen LogP contribution in [-0.2, 0) is 14.3 Å². The minimum absolute atomic E-state index is 0.0146. The van der Waals surface area contributed by atoms with Gasteiger partial charge in [0.25, 0.3) is 0 Å². The molecule has 7 heteroatoms. The van der Waals surface area contributed by atoms with Crippen molar-refractivity contribution < 1.29 is 24.2 Å². The van der Waals surface area contributed by atoms with E-state index in [1.807, 2.05) is 45.0 Å². The van der Waals surface area contributed by atoms with Crippen LogP contribution in [0.25, 0.3) is 11.1 Å². The normalized spacial score (nSPS) is 16.0. The summed E-state index contributed by atoms with van der Waals surface area (Å²) in [4.78, 5) is 39.1. The first-order chi connectivity index (χ1) is 16.6. The standard InChI is InChI=1S/C28H34N2O5/c1-28(2,3)17-30(15-24(31)32)26(33)25(18-9-8-10-18)29-27(34)35-16-23-21-13-6-4-11-19(21)20-12-5-7-14-22(20)23/h4-7,11-14,18,23,25H,8-10,15-17H2,1-3H3,(H,29,34)(H,31,32). The zero-order chi connectivity index (χ0) is 25.2. The minimum atomic E-state index is -1.07. The van der Waals surface area contributed by atoms with Crippen LogP contribution < -0.4 is 5.32 Å². The van der Waals surface area contributed by atoms with Crippen LogP contribution in [0.2, 0.25) is 0 Å². The Labute approximate surface area is 206 Å². The molecule has 2 aliphatic carbocycles. The lowest BCUT2D eigenvalue weighted by atomic mass is 9.79. The van der Waals surface area contributed by atoms with E-state index in [0.29, 0.717) is 0 Å². The summed E-state index contributed by atoms with van der Waals surface area (Å²) in [5.74, 6) is -1.52. The first kappa shape index (κ1) is 24.8. The highest BCUT2D eigenvalue weighted by atomic mass is 16.5. The van der Waals surface area contributed by atoms with Gasteiger partial charge in [-0.1, -0.05) is 75.7 Å². The summed E-state index contributed by atoms with van der Waals surface area (Å²) in [6.45, 7) is 5.90. The van der Waals surface area contributed by atoms with Crippen LogP contribution in [0, 0.1) is 11.3 Å². The molecule has 2 N–H and O–H groups in total. The van der Waals surface area contributed by atoms with Crippen molar-refractivity contribution in [3.05, 3.63) is 59.7 Å². The first-order valence-corrected chi connectivity index (χ1v) is 12.3. The van der Waals surface area contributed by atoms with Crippen molar-refractivity contribution in [1.29, 1.82) is 0 Å². The fourth-order valence-corrected chi connectivity index (χ4v) is 5.07. The molecule has 0 heterocycles. The molecule has 35 heavy (non-hydrogen) atoms. The Bertz CT molecular complexity index is 1060. The van der Waals surface area contributed by atoms with Gasteiger partial charge in [-0.3, -0.25) is 9.59 Å². The summed E-state index contributed by atoms with van der Waals surface area (Å²) in [5, 5.41) is 12.1. The van der Waals surface area contributed by atoms with E-state index in [9.17, 15) is 19.5 Å². The van der Waals surface area contributed by atoms with Gasteiger partial charge in [0.15, 0.2) is 0 Å². The number of hydrogen-bond donors (Lipinski definition) is 2. The third kappa shape index (κ3) is 5.66. The van der Waals surface area contributed by atoms with Crippen molar-refractivity contribution in [2.75, 3.05) is 19.7 Å². The van der Waals surface area contributed by atoms with E-state index in [-0.39, 0.29) is 36.3 Å². The summed E-state index contributed by atoms with van der Waals surface area (Å²) in [5.41, 5.74) is 4.24. The number of fused-ring (bicyclic) bond motifs is 3. The fraction of sp³-hybridized carbons (Fsp3) is 0.464. The van der Waals surface area contributed by atoms with Gasteiger partial charge in [0.05, 0.1) is 0 Å². The number of carboxylic acids is 1. The number of benzene rings is 2. The van der Waals surface area contributed by atoms with Crippen molar-refractivity contribution in [2.45, 2.75) is 52.0 Å². The van der Waals surface area contributed by atoms with Gasteiger partial charge in [-0.05, 0) is 46.4 Å². The van der Waals surface area contributed by atoms with Gasteiger partial charge in [0, 0.05) is 12.5 Å². The smallest absolute Gasteiger partial charge is 0.407 e. The maximum Gasteiger partial charge on any atom is 0.407 e. The van der Waals surface area contributed by atoms with Gasteiger partial charge in [-0.2, -0.15) is 0 Å². The largest absolute Gasteiger partial charge is 0.480 e. The molecule has 2 amide bonds. The Hall–Kier alpha value is -3.35. The summed E-state index contributed by atoms with van der Waals surface area (Å²) >= 11 is 0. The molecule has 0 radical (unpaired) electrons. The number of carboxylic acid groups (broad SMARTS) is 1. The van der Waals surface area contributed by atoms with Crippen LogP contribution in [0.5, 0.6) is 0 Å². The SMILES string of the molecule is CC(C)(C)CN(CC(=O)O)C(=O)C(NC(=O)OCC1c2ccccc2-c2ccccc21)C1CCC1. The monoisotopic (exact) mass is 478 g/mol. The molecule has 2 aromatic carbocycles.